The van der Waals surface area contributed by atoms with Gasteiger partial charge in [-0.1, -0.05) is 17.3 Å². The summed E-state index contributed by atoms with van der Waals surface area (Å²) in [7, 11) is 3.65. The van der Waals surface area contributed by atoms with Gasteiger partial charge in [0.1, 0.15) is 18.0 Å². The van der Waals surface area contributed by atoms with Gasteiger partial charge in [0.05, 0.1) is 25.5 Å². The van der Waals surface area contributed by atoms with E-state index in [1.807, 2.05) is 31.3 Å². The molecule has 1 aromatic carbocycles. The van der Waals surface area contributed by atoms with Crippen molar-refractivity contribution in [2.24, 2.45) is 0 Å². The van der Waals surface area contributed by atoms with Gasteiger partial charge in [0.25, 0.3) is 0 Å². The highest BCUT2D eigenvalue weighted by atomic mass is 16.5. The second kappa shape index (κ2) is 10.0. The van der Waals surface area contributed by atoms with Gasteiger partial charge in [0.2, 0.25) is 5.91 Å². The summed E-state index contributed by atoms with van der Waals surface area (Å²) in [6.07, 6.45) is 3.50. The van der Waals surface area contributed by atoms with E-state index in [1.165, 1.54) is 4.68 Å². The van der Waals surface area contributed by atoms with Crippen molar-refractivity contribution >= 4 is 5.91 Å². The van der Waals surface area contributed by atoms with E-state index in [9.17, 15) is 9.90 Å². The maximum absolute atomic E-state index is 12.6. The Kier molecular flexibility index (Phi) is 7.41. The molecule has 1 aliphatic rings. The van der Waals surface area contributed by atoms with Crippen molar-refractivity contribution in [1.29, 1.82) is 0 Å². The quantitative estimate of drug-likeness (QED) is 0.650. The highest BCUT2D eigenvalue weighted by Crippen LogP contribution is 2.24. The molecule has 9 nitrogen and oxygen atoms in total. The van der Waals surface area contributed by atoms with Gasteiger partial charge >= 0.3 is 0 Å². The van der Waals surface area contributed by atoms with Crippen molar-refractivity contribution in [3.8, 4) is 5.75 Å². The molecule has 2 aromatic rings. The van der Waals surface area contributed by atoms with Crippen LogP contribution >= 0.6 is 0 Å². The minimum Gasteiger partial charge on any atom is -0.497 e. The van der Waals surface area contributed by atoms with Gasteiger partial charge in [-0.2, -0.15) is 0 Å². The van der Waals surface area contributed by atoms with Crippen molar-refractivity contribution in [3.05, 3.63) is 41.7 Å². The van der Waals surface area contributed by atoms with E-state index in [0.29, 0.717) is 38.2 Å². The molecule has 1 aliphatic heterocycles. The molecule has 1 fully saturated rings. The summed E-state index contributed by atoms with van der Waals surface area (Å²) < 4.78 is 6.63. The number of rotatable bonds is 8. The molecule has 2 heterocycles. The van der Waals surface area contributed by atoms with Crippen LogP contribution in [-0.4, -0.2) is 80.3 Å². The van der Waals surface area contributed by atoms with Crippen LogP contribution in [0, 0.1) is 0 Å². The molecule has 0 radical (unpaired) electrons. The first-order chi connectivity index (χ1) is 14.4. The topological polar surface area (TPSA) is 104 Å². The number of carbonyl (C=O) groups excluding carboxylic acids is 1. The van der Waals surface area contributed by atoms with Gasteiger partial charge in [0, 0.05) is 26.2 Å². The summed E-state index contributed by atoms with van der Waals surface area (Å²) >= 11 is 0. The zero-order chi connectivity index (χ0) is 21.6. The number of hydrogen-bond donors (Lipinski definition) is 2. The van der Waals surface area contributed by atoms with Crippen LogP contribution in [0.15, 0.2) is 30.5 Å². The second-order valence-corrected chi connectivity index (χ2v) is 8.04. The first kappa shape index (κ1) is 22.2. The molecule has 2 N–H and O–H groups in total. The van der Waals surface area contributed by atoms with Gasteiger partial charge in [-0.25, -0.2) is 4.68 Å². The number of likely N-dealkylation sites (tertiary alicyclic amines) is 1. The summed E-state index contributed by atoms with van der Waals surface area (Å²) in [4.78, 5) is 16.5. The van der Waals surface area contributed by atoms with E-state index in [4.69, 9.17) is 9.84 Å². The van der Waals surface area contributed by atoms with E-state index >= 15 is 0 Å². The third kappa shape index (κ3) is 6.01. The summed E-state index contributed by atoms with van der Waals surface area (Å²) in [6, 6.07) is 7.93. The first-order valence-electron chi connectivity index (χ1n) is 10.2. The zero-order valence-electron chi connectivity index (χ0n) is 17.7. The fraction of sp³-hybridized carbons (Fsp3) is 0.571. The number of methoxy groups -OCH3 is 1. The lowest BCUT2D eigenvalue weighted by Gasteiger charge is -2.31. The van der Waals surface area contributed by atoms with Crippen LogP contribution in [-0.2, 0) is 24.5 Å². The Hall–Kier alpha value is -2.49. The molecule has 164 valence electrons. The molecular formula is C21H31N5O4. The van der Waals surface area contributed by atoms with Crippen LogP contribution in [0.25, 0.3) is 0 Å². The average Bonchev–Trinajstić information content (AvgIpc) is 3.09. The summed E-state index contributed by atoms with van der Waals surface area (Å²) in [5, 5.41) is 27.9. The molecular weight excluding hydrogens is 386 g/mol. The SMILES string of the molecule is COc1ccc(CN(C)C[C@@]2(O)CCCN(C(=O)Cn3cc(CO)nn3)CC2)cc1. The normalized spacial score (nSPS) is 19.7. The number of likely N-dealkylation sites (N-methyl/N-ethyl adjacent to an activating group) is 1. The number of carbonyl (C=O) groups is 1. The van der Waals surface area contributed by atoms with Crippen LogP contribution in [0.3, 0.4) is 0 Å². The minimum atomic E-state index is -0.826. The van der Waals surface area contributed by atoms with E-state index in [-0.39, 0.29) is 19.1 Å². The lowest BCUT2D eigenvalue weighted by Crippen LogP contribution is -2.42. The number of benzene rings is 1. The van der Waals surface area contributed by atoms with Gasteiger partial charge in [-0.3, -0.25) is 9.69 Å². The number of aromatic nitrogens is 3. The molecule has 0 saturated carbocycles. The van der Waals surface area contributed by atoms with Crippen molar-refractivity contribution in [1.82, 2.24) is 24.8 Å². The van der Waals surface area contributed by atoms with Gasteiger partial charge in [-0.15, -0.1) is 5.10 Å². The predicted octanol–water partition coefficient (Wildman–Crippen LogP) is 0.655. The smallest absolute Gasteiger partial charge is 0.244 e. The van der Waals surface area contributed by atoms with Gasteiger partial charge in [-0.05, 0) is 44.0 Å². The van der Waals surface area contributed by atoms with Crippen molar-refractivity contribution in [2.75, 3.05) is 33.8 Å². The number of aliphatic hydroxyl groups is 2. The first-order valence-corrected chi connectivity index (χ1v) is 10.2. The van der Waals surface area contributed by atoms with Crippen LogP contribution in [0.5, 0.6) is 5.75 Å². The van der Waals surface area contributed by atoms with Crippen LogP contribution in [0.1, 0.15) is 30.5 Å². The molecule has 1 atom stereocenters. The molecule has 0 bridgehead atoms. The largest absolute Gasteiger partial charge is 0.497 e. The fourth-order valence-corrected chi connectivity index (χ4v) is 3.91. The van der Waals surface area contributed by atoms with E-state index in [0.717, 1.165) is 24.3 Å². The Morgan fingerprint density at radius 1 is 1.27 bits per heavy atom. The van der Waals surface area contributed by atoms with E-state index in [1.54, 1.807) is 18.2 Å². The monoisotopic (exact) mass is 417 g/mol. The van der Waals surface area contributed by atoms with E-state index in [2.05, 4.69) is 15.2 Å². The highest BCUT2D eigenvalue weighted by molar-refractivity contribution is 5.75. The number of amides is 1. The molecule has 3 rings (SSSR count). The number of nitrogens with zero attached hydrogens (tertiary/aromatic N) is 5. The van der Waals surface area contributed by atoms with Crippen LogP contribution < -0.4 is 4.74 Å². The molecule has 0 aliphatic carbocycles. The number of hydrogen-bond acceptors (Lipinski definition) is 7. The fourth-order valence-electron chi connectivity index (χ4n) is 3.91. The molecule has 30 heavy (non-hydrogen) atoms. The standard InChI is InChI=1S/C21H31N5O4/c1-24(12-17-4-6-19(30-2)7-5-17)16-21(29)8-3-10-25(11-9-21)20(28)14-26-13-18(15-27)22-23-26/h4-7,13,27,29H,3,8-12,14-16H2,1-2H3/t21-/m1/s1. The molecule has 0 unspecified atom stereocenters. The van der Waals surface area contributed by atoms with Crippen molar-refractivity contribution in [3.63, 3.8) is 0 Å². The molecule has 1 aromatic heterocycles. The summed E-state index contributed by atoms with van der Waals surface area (Å²) in [5.74, 6) is 0.771. The average molecular weight is 418 g/mol. The van der Waals surface area contributed by atoms with Crippen molar-refractivity contribution < 1.29 is 19.7 Å². The molecule has 1 amide bonds. The van der Waals surface area contributed by atoms with E-state index < -0.39 is 5.60 Å². The Morgan fingerprint density at radius 2 is 2.03 bits per heavy atom. The third-order valence-electron chi connectivity index (χ3n) is 5.49. The molecule has 1 saturated heterocycles. The molecule has 9 heteroatoms. The van der Waals surface area contributed by atoms with Crippen molar-refractivity contribution in [2.45, 2.75) is 44.6 Å². The van der Waals surface area contributed by atoms with Crippen LogP contribution in [0.2, 0.25) is 0 Å². The Bertz CT molecular complexity index is 825. The predicted molar refractivity (Wildman–Crippen MR) is 111 cm³/mol. The second-order valence-electron chi connectivity index (χ2n) is 8.04. The summed E-state index contributed by atoms with van der Waals surface area (Å²) in [5.41, 5.74) is 0.767. The summed E-state index contributed by atoms with van der Waals surface area (Å²) in [6.45, 7) is 2.29. The lowest BCUT2D eigenvalue weighted by molar-refractivity contribution is -0.132. The molecule has 0 spiro atoms. The van der Waals surface area contributed by atoms with Gasteiger partial charge < -0.3 is 19.8 Å². The maximum atomic E-state index is 12.6. The Morgan fingerprint density at radius 3 is 2.70 bits per heavy atom. The van der Waals surface area contributed by atoms with Gasteiger partial charge in [0.15, 0.2) is 0 Å². The van der Waals surface area contributed by atoms with Crippen LogP contribution in [0.4, 0.5) is 0 Å². The zero-order valence-corrected chi connectivity index (χ0v) is 17.7. The number of ether oxygens (including phenoxy) is 1. The third-order valence-corrected chi connectivity index (χ3v) is 5.49. The Balaban J connectivity index is 1.51. The maximum Gasteiger partial charge on any atom is 0.244 e. The highest BCUT2D eigenvalue weighted by Gasteiger charge is 2.32. The number of aliphatic hydroxyl groups excluding tert-OH is 1. The minimum absolute atomic E-state index is 0.0553. The lowest BCUT2D eigenvalue weighted by atomic mass is 9.94. The Labute approximate surface area is 176 Å².